The number of nitrogens with zero attached hydrogens (tertiary/aromatic N) is 4. The Balaban J connectivity index is 2.00. The summed E-state index contributed by atoms with van der Waals surface area (Å²) in [4.78, 5) is 0. The summed E-state index contributed by atoms with van der Waals surface area (Å²) in [5, 5.41) is 37.7. The molecule has 0 amide bonds. The second-order valence-corrected chi connectivity index (χ2v) is 5.83. The first-order valence-corrected chi connectivity index (χ1v) is 5.87. The number of nitriles is 4. The summed E-state index contributed by atoms with van der Waals surface area (Å²) >= 11 is 0. The van der Waals surface area contributed by atoms with E-state index in [9.17, 15) is 21.0 Å². The van der Waals surface area contributed by atoms with Gasteiger partial charge in [0, 0.05) is 11.8 Å². The Labute approximate surface area is 98.7 Å². The van der Waals surface area contributed by atoms with Crippen molar-refractivity contribution in [1.29, 1.82) is 21.0 Å². The predicted octanol–water partition coefficient (Wildman–Crippen LogP) is 1.20. The second kappa shape index (κ2) is 2.16. The highest BCUT2D eigenvalue weighted by molar-refractivity contribution is 5.50. The van der Waals surface area contributed by atoms with Gasteiger partial charge in [0.05, 0.1) is 24.3 Å². The predicted molar refractivity (Wildman–Crippen MR) is 52.9 cm³/mol. The third kappa shape index (κ3) is 0.574. The number of fused-ring (bicyclic) bond motifs is 4. The van der Waals surface area contributed by atoms with Crippen LogP contribution in [-0.2, 0) is 0 Å². The third-order valence-electron chi connectivity index (χ3n) is 5.72. The summed E-state index contributed by atoms with van der Waals surface area (Å²) in [6.45, 7) is 0. The summed E-state index contributed by atoms with van der Waals surface area (Å²) in [7, 11) is 0. The van der Waals surface area contributed by atoms with E-state index in [1.54, 1.807) is 0 Å². The zero-order chi connectivity index (χ0) is 12.0. The van der Waals surface area contributed by atoms with E-state index in [1.165, 1.54) is 0 Å². The molecule has 0 saturated heterocycles. The van der Waals surface area contributed by atoms with Crippen LogP contribution in [-0.4, -0.2) is 0 Å². The maximum atomic E-state index is 9.43. The van der Waals surface area contributed by atoms with Crippen molar-refractivity contribution in [3.8, 4) is 24.3 Å². The van der Waals surface area contributed by atoms with Gasteiger partial charge in [-0.3, -0.25) is 0 Å². The summed E-state index contributed by atoms with van der Waals surface area (Å²) in [6.07, 6.45) is 1.10. The van der Waals surface area contributed by atoms with E-state index in [0.29, 0.717) is 23.7 Å². The Hall–Kier alpha value is -2.04. The molecule has 0 N–H and O–H groups in total. The molecule has 0 spiro atoms. The first kappa shape index (κ1) is 9.04. The molecule has 4 nitrogen and oxygen atoms in total. The van der Waals surface area contributed by atoms with E-state index >= 15 is 0 Å². The van der Waals surface area contributed by atoms with Gasteiger partial charge in [-0.25, -0.2) is 0 Å². The highest BCUT2D eigenvalue weighted by Gasteiger charge is 2.91. The fourth-order valence-electron chi connectivity index (χ4n) is 5.16. The second-order valence-electron chi connectivity index (χ2n) is 5.83. The fourth-order valence-corrected chi connectivity index (χ4v) is 5.16. The zero-order valence-corrected chi connectivity index (χ0v) is 8.96. The molecule has 0 aromatic heterocycles. The monoisotopic (exact) mass is 220 g/mol. The van der Waals surface area contributed by atoms with Crippen molar-refractivity contribution in [1.82, 2.24) is 0 Å². The van der Waals surface area contributed by atoms with E-state index in [-0.39, 0.29) is 11.8 Å². The molecule has 0 aromatic rings. The molecule has 4 saturated carbocycles. The Bertz CT molecular complexity index is 579. The summed E-state index contributed by atoms with van der Waals surface area (Å²) in [5.41, 5.74) is -2.75. The molecule has 6 atom stereocenters. The van der Waals surface area contributed by atoms with Crippen LogP contribution in [0, 0.1) is 91.7 Å². The Morgan fingerprint density at radius 1 is 0.706 bits per heavy atom. The molecule has 4 fully saturated rings. The largest absolute Gasteiger partial charge is 0.196 e. The molecule has 0 heterocycles. The molecule has 0 aromatic carbocycles. The maximum absolute atomic E-state index is 9.43. The van der Waals surface area contributed by atoms with Crippen LogP contribution in [0.25, 0.3) is 0 Å². The molecule has 4 aliphatic rings. The Morgan fingerprint density at radius 3 is 1.76 bits per heavy atom. The van der Waals surface area contributed by atoms with Gasteiger partial charge in [-0.2, -0.15) is 21.0 Å². The van der Waals surface area contributed by atoms with Crippen LogP contribution in [0.2, 0.25) is 0 Å². The third-order valence-corrected chi connectivity index (χ3v) is 5.72. The van der Waals surface area contributed by atoms with E-state index in [2.05, 4.69) is 12.1 Å². The van der Waals surface area contributed by atoms with Crippen LogP contribution < -0.4 is 0 Å². The molecular weight excluding hydrogens is 212 g/mol. The first-order valence-electron chi connectivity index (χ1n) is 5.87. The number of hydrogen-bond donors (Lipinski definition) is 0. The summed E-state index contributed by atoms with van der Waals surface area (Å²) < 4.78 is 0. The van der Waals surface area contributed by atoms with Crippen molar-refractivity contribution in [3.05, 3.63) is 0 Å². The smallest absolute Gasteiger partial charge is 0.179 e. The molecule has 0 aliphatic heterocycles. The van der Waals surface area contributed by atoms with Gasteiger partial charge in [0.15, 0.2) is 10.8 Å². The molecule has 17 heavy (non-hydrogen) atoms. The average molecular weight is 220 g/mol. The SMILES string of the molecule is N#CC1(C#N)C2C3[C@@H]2[C@H]([C@@H]2C[C@H]32)C1(C#N)C#N. The highest BCUT2D eigenvalue weighted by atomic mass is 14.9. The van der Waals surface area contributed by atoms with Crippen molar-refractivity contribution < 1.29 is 0 Å². The lowest BCUT2D eigenvalue weighted by Crippen LogP contribution is -2.41. The maximum Gasteiger partial charge on any atom is 0.179 e. The number of rotatable bonds is 0. The lowest BCUT2D eigenvalue weighted by molar-refractivity contribution is 0.213. The standard InChI is InChI=1S/C13H8N4/c14-2-12(3-15)10-7-1-6(7)8-9(10)11(8)13(12,4-16)5-17/h6-11H,1H2/t6-,7+,8?,9+,10-,11?/m0/s1. The molecule has 0 radical (unpaired) electrons. The quantitative estimate of drug-likeness (QED) is 0.612. The van der Waals surface area contributed by atoms with E-state index < -0.39 is 10.8 Å². The van der Waals surface area contributed by atoms with Crippen molar-refractivity contribution >= 4 is 0 Å². The van der Waals surface area contributed by atoms with E-state index in [4.69, 9.17) is 0 Å². The van der Waals surface area contributed by atoms with Gasteiger partial charge in [-0.15, -0.1) is 0 Å². The normalized spacial score (nSPS) is 52.0. The fraction of sp³-hybridized carbons (Fsp3) is 0.692. The van der Waals surface area contributed by atoms with Crippen molar-refractivity contribution in [2.45, 2.75) is 6.42 Å². The van der Waals surface area contributed by atoms with Crippen LogP contribution in [0.1, 0.15) is 6.42 Å². The Morgan fingerprint density at radius 2 is 1.24 bits per heavy atom. The molecule has 4 heteroatoms. The minimum absolute atomic E-state index is 0.00875. The van der Waals surface area contributed by atoms with Crippen molar-refractivity contribution in [2.75, 3.05) is 0 Å². The van der Waals surface area contributed by atoms with E-state index in [1.807, 2.05) is 12.1 Å². The van der Waals surface area contributed by atoms with Gasteiger partial charge in [0.1, 0.15) is 0 Å². The van der Waals surface area contributed by atoms with Crippen LogP contribution in [0.15, 0.2) is 0 Å². The van der Waals surface area contributed by atoms with Crippen molar-refractivity contribution in [3.63, 3.8) is 0 Å². The molecule has 2 unspecified atom stereocenters. The van der Waals surface area contributed by atoms with Gasteiger partial charge < -0.3 is 0 Å². The lowest BCUT2D eigenvalue weighted by Gasteiger charge is -2.31. The van der Waals surface area contributed by atoms with Gasteiger partial charge >= 0.3 is 0 Å². The molecule has 80 valence electrons. The van der Waals surface area contributed by atoms with Crippen LogP contribution >= 0.6 is 0 Å². The van der Waals surface area contributed by atoms with Crippen LogP contribution in [0.5, 0.6) is 0 Å². The van der Waals surface area contributed by atoms with Gasteiger partial charge in [0.25, 0.3) is 0 Å². The van der Waals surface area contributed by atoms with Crippen molar-refractivity contribution in [2.24, 2.45) is 46.3 Å². The minimum Gasteiger partial charge on any atom is -0.196 e. The topological polar surface area (TPSA) is 95.2 Å². The van der Waals surface area contributed by atoms with Crippen LogP contribution in [0.3, 0.4) is 0 Å². The molecular formula is C13H8N4. The average Bonchev–Trinajstić information content (AvgIpc) is 3.24. The van der Waals surface area contributed by atoms with E-state index in [0.717, 1.165) is 6.42 Å². The number of hydrogen-bond acceptors (Lipinski definition) is 4. The molecule has 4 aliphatic carbocycles. The summed E-state index contributed by atoms with van der Waals surface area (Å²) in [5.74, 6) is 1.77. The molecule has 0 bridgehead atoms. The lowest BCUT2D eigenvalue weighted by atomic mass is 9.61. The molecule has 4 rings (SSSR count). The first-order chi connectivity index (χ1) is 8.22. The minimum atomic E-state index is -1.38. The highest BCUT2D eigenvalue weighted by Crippen LogP contribution is 2.88. The van der Waals surface area contributed by atoms with Gasteiger partial charge in [-0.1, -0.05) is 0 Å². The van der Waals surface area contributed by atoms with Gasteiger partial charge in [0.2, 0.25) is 0 Å². The van der Waals surface area contributed by atoms with Gasteiger partial charge in [-0.05, 0) is 30.1 Å². The Kier molecular flexibility index (Phi) is 1.15. The van der Waals surface area contributed by atoms with Crippen LogP contribution in [0.4, 0.5) is 0 Å². The zero-order valence-electron chi connectivity index (χ0n) is 8.96. The summed E-state index contributed by atoms with van der Waals surface area (Å²) in [6, 6.07) is 8.21.